The first-order valence-corrected chi connectivity index (χ1v) is 4.72. The van der Waals surface area contributed by atoms with Gasteiger partial charge in [0, 0.05) is 11.6 Å². The van der Waals surface area contributed by atoms with Crippen LogP contribution in [0.2, 0.25) is 0 Å². The summed E-state index contributed by atoms with van der Waals surface area (Å²) in [6.45, 7) is 0.484. The Bertz CT molecular complexity index is 483. The van der Waals surface area contributed by atoms with Gasteiger partial charge in [0.15, 0.2) is 11.6 Å². The number of anilines is 1. The third-order valence-corrected chi connectivity index (χ3v) is 2.66. The van der Waals surface area contributed by atoms with E-state index in [9.17, 15) is 13.6 Å². The summed E-state index contributed by atoms with van der Waals surface area (Å²) < 4.78 is 36.5. The van der Waals surface area contributed by atoms with Crippen LogP contribution in [0, 0.1) is 11.6 Å². The van der Waals surface area contributed by atoms with Gasteiger partial charge in [-0.2, -0.15) is 0 Å². The number of nitrogens with one attached hydrogen (secondary N) is 1. The second-order valence-electron chi connectivity index (χ2n) is 3.58. The molecule has 0 radical (unpaired) electrons. The van der Waals surface area contributed by atoms with Crippen LogP contribution in [0.15, 0.2) is 12.1 Å². The van der Waals surface area contributed by atoms with E-state index in [4.69, 9.17) is 9.47 Å². The quantitative estimate of drug-likeness (QED) is 0.722. The zero-order valence-corrected chi connectivity index (χ0v) is 8.05. The maximum absolute atomic E-state index is 13.1. The van der Waals surface area contributed by atoms with Gasteiger partial charge in [-0.1, -0.05) is 0 Å². The highest BCUT2D eigenvalue weighted by atomic mass is 19.2. The summed E-state index contributed by atoms with van der Waals surface area (Å²) in [5, 5.41) is 2.40. The molecule has 2 aliphatic rings. The standard InChI is InChI=1S/C10H7F2NO3/c11-6-3-5-8(4-7(6)12)13-9(14)10(5)15-1-2-16-10/h3-4H,1-2H2,(H,13,14). The van der Waals surface area contributed by atoms with E-state index in [1.165, 1.54) is 0 Å². The predicted molar refractivity (Wildman–Crippen MR) is 48.6 cm³/mol. The Morgan fingerprint density at radius 3 is 2.50 bits per heavy atom. The predicted octanol–water partition coefficient (Wildman–Crippen LogP) is 1.12. The van der Waals surface area contributed by atoms with Crippen molar-refractivity contribution in [3.05, 3.63) is 29.3 Å². The minimum Gasteiger partial charge on any atom is -0.336 e. The molecule has 3 rings (SSSR count). The van der Waals surface area contributed by atoms with Crippen LogP contribution in [0.25, 0.3) is 0 Å². The summed E-state index contributed by atoms with van der Waals surface area (Å²) >= 11 is 0. The Morgan fingerprint density at radius 1 is 1.19 bits per heavy atom. The zero-order valence-electron chi connectivity index (χ0n) is 8.05. The van der Waals surface area contributed by atoms with Crippen LogP contribution in [-0.2, 0) is 20.1 Å². The number of amides is 1. The van der Waals surface area contributed by atoms with Gasteiger partial charge >= 0.3 is 0 Å². The van der Waals surface area contributed by atoms with E-state index in [0.29, 0.717) is 0 Å². The lowest BCUT2D eigenvalue weighted by atomic mass is 10.1. The molecular formula is C10H7F2NO3. The van der Waals surface area contributed by atoms with E-state index < -0.39 is 23.3 Å². The van der Waals surface area contributed by atoms with Crippen molar-refractivity contribution in [3.63, 3.8) is 0 Å². The number of halogens is 2. The summed E-state index contributed by atoms with van der Waals surface area (Å²) in [4.78, 5) is 11.7. The smallest absolute Gasteiger partial charge is 0.289 e. The molecule has 1 aromatic rings. The molecule has 1 saturated heterocycles. The van der Waals surface area contributed by atoms with Gasteiger partial charge < -0.3 is 14.8 Å². The first-order chi connectivity index (χ1) is 7.63. The first-order valence-electron chi connectivity index (χ1n) is 4.72. The minimum atomic E-state index is -1.59. The van der Waals surface area contributed by atoms with Crippen LogP contribution >= 0.6 is 0 Å². The van der Waals surface area contributed by atoms with Gasteiger partial charge in [0.1, 0.15) is 0 Å². The van der Waals surface area contributed by atoms with E-state index in [1.807, 2.05) is 0 Å². The molecular weight excluding hydrogens is 220 g/mol. The number of benzene rings is 1. The van der Waals surface area contributed by atoms with Crippen molar-refractivity contribution >= 4 is 11.6 Å². The number of carbonyl (C=O) groups is 1. The Morgan fingerprint density at radius 2 is 1.81 bits per heavy atom. The van der Waals surface area contributed by atoms with Crippen molar-refractivity contribution in [1.29, 1.82) is 0 Å². The van der Waals surface area contributed by atoms with Gasteiger partial charge in [-0.05, 0) is 6.07 Å². The first kappa shape index (κ1) is 9.68. The van der Waals surface area contributed by atoms with Crippen molar-refractivity contribution in [2.24, 2.45) is 0 Å². The van der Waals surface area contributed by atoms with E-state index >= 15 is 0 Å². The molecule has 2 heterocycles. The van der Waals surface area contributed by atoms with Crippen LogP contribution < -0.4 is 5.32 Å². The molecule has 16 heavy (non-hydrogen) atoms. The second kappa shape index (κ2) is 2.99. The number of hydrogen-bond acceptors (Lipinski definition) is 3. The van der Waals surface area contributed by atoms with Crippen LogP contribution in [0.3, 0.4) is 0 Å². The Balaban J connectivity index is 2.20. The summed E-state index contributed by atoms with van der Waals surface area (Å²) in [5.74, 6) is -4.20. The molecule has 1 amide bonds. The zero-order chi connectivity index (χ0) is 11.3. The number of ether oxygens (including phenoxy) is 2. The van der Waals surface area contributed by atoms with Gasteiger partial charge in [-0.3, -0.25) is 4.79 Å². The molecule has 1 fully saturated rings. The van der Waals surface area contributed by atoms with Gasteiger partial charge in [0.05, 0.1) is 18.9 Å². The molecule has 1 spiro atoms. The molecule has 0 bridgehead atoms. The molecule has 6 heteroatoms. The average Bonchev–Trinajstić information content (AvgIpc) is 2.80. The van der Waals surface area contributed by atoms with Crippen molar-refractivity contribution in [2.75, 3.05) is 18.5 Å². The average molecular weight is 227 g/mol. The summed E-state index contributed by atoms with van der Waals surface area (Å²) in [6.07, 6.45) is 0. The fourth-order valence-electron chi connectivity index (χ4n) is 1.95. The fraction of sp³-hybridized carbons (Fsp3) is 0.300. The second-order valence-corrected chi connectivity index (χ2v) is 3.58. The normalized spacial score (nSPS) is 21.2. The van der Waals surface area contributed by atoms with E-state index in [0.717, 1.165) is 12.1 Å². The van der Waals surface area contributed by atoms with Gasteiger partial charge in [0.2, 0.25) is 0 Å². The monoisotopic (exact) mass is 227 g/mol. The van der Waals surface area contributed by atoms with E-state index in [2.05, 4.69) is 5.32 Å². The van der Waals surface area contributed by atoms with E-state index in [1.54, 1.807) is 0 Å². The lowest BCUT2D eigenvalue weighted by molar-refractivity contribution is -0.178. The number of carbonyl (C=O) groups excluding carboxylic acids is 1. The molecule has 0 unspecified atom stereocenters. The Kier molecular flexibility index (Phi) is 1.81. The lowest BCUT2D eigenvalue weighted by Gasteiger charge is -2.18. The molecule has 1 N–H and O–H groups in total. The SMILES string of the molecule is O=C1Nc2cc(F)c(F)cc2C12OCCO2. The summed E-state index contributed by atoms with van der Waals surface area (Å²) in [5.41, 5.74) is 0.375. The van der Waals surface area contributed by atoms with Crippen molar-refractivity contribution in [3.8, 4) is 0 Å². The highest BCUT2D eigenvalue weighted by Crippen LogP contribution is 2.42. The van der Waals surface area contributed by atoms with Crippen LogP contribution in [0.1, 0.15) is 5.56 Å². The molecule has 0 aromatic heterocycles. The number of hydrogen-bond donors (Lipinski definition) is 1. The molecule has 0 aliphatic carbocycles. The maximum atomic E-state index is 13.1. The van der Waals surface area contributed by atoms with Gasteiger partial charge in [0.25, 0.3) is 11.7 Å². The lowest BCUT2D eigenvalue weighted by Crippen LogP contribution is -2.35. The topological polar surface area (TPSA) is 47.6 Å². The summed E-state index contributed by atoms with van der Waals surface area (Å²) in [6, 6.07) is 1.84. The van der Waals surface area contributed by atoms with Crippen molar-refractivity contribution in [2.45, 2.75) is 5.79 Å². The van der Waals surface area contributed by atoms with Crippen molar-refractivity contribution < 1.29 is 23.0 Å². The molecule has 84 valence electrons. The minimum absolute atomic E-state index is 0.186. The highest BCUT2D eigenvalue weighted by Gasteiger charge is 2.52. The van der Waals surface area contributed by atoms with Gasteiger partial charge in [-0.25, -0.2) is 8.78 Å². The highest BCUT2D eigenvalue weighted by molar-refractivity contribution is 6.04. The molecule has 4 nitrogen and oxygen atoms in total. The Hall–Kier alpha value is -1.53. The number of rotatable bonds is 0. The summed E-state index contributed by atoms with van der Waals surface area (Å²) in [7, 11) is 0. The fourth-order valence-corrected chi connectivity index (χ4v) is 1.95. The number of fused-ring (bicyclic) bond motifs is 2. The largest absolute Gasteiger partial charge is 0.336 e. The third-order valence-electron chi connectivity index (χ3n) is 2.66. The van der Waals surface area contributed by atoms with Crippen LogP contribution in [-0.4, -0.2) is 19.1 Å². The van der Waals surface area contributed by atoms with E-state index in [-0.39, 0.29) is 24.5 Å². The third kappa shape index (κ3) is 1.05. The van der Waals surface area contributed by atoms with Crippen molar-refractivity contribution in [1.82, 2.24) is 0 Å². The molecule has 0 atom stereocenters. The maximum Gasteiger partial charge on any atom is 0.289 e. The molecule has 0 saturated carbocycles. The molecule has 2 aliphatic heterocycles. The van der Waals surface area contributed by atoms with Gasteiger partial charge in [-0.15, -0.1) is 0 Å². The Labute approximate surface area is 89.1 Å². The van der Waals surface area contributed by atoms with Crippen LogP contribution in [0.5, 0.6) is 0 Å². The molecule has 1 aromatic carbocycles. The van der Waals surface area contributed by atoms with Crippen LogP contribution in [0.4, 0.5) is 14.5 Å².